The highest BCUT2D eigenvalue weighted by Crippen LogP contribution is 2.33. The van der Waals surface area contributed by atoms with Gasteiger partial charge in [-0.15, -0.1) is 0 Å². The number of anilines is 1. The van der Waals surface area contributed by atoms with Crippen LogP contribution in [0.5, 0.6) is 11.5 Å². The van der Waals surface area contributed by atoms with Crippen LogP contribution < -0.4 is 14.4 Å². The van der Waals surface area contributed by atoms with E-state index in [2.05, 4.69) is 0 Å². The third kappa shape index (κ3) is 4.38. The summed E-state index contributed by atoms with van der Waals surface area (Å²) < 4.78 is 10.4. The second kappa shape index (κ2) is 7.15. The molecular formula is C16H23NO5. The molecule has 1 aromatic rings. The lowest BCUT2D eigenvalue weighted by Crippen LogP contribution is -2.40. The van der Waals surface area contributed by atoms with Crippen LogP contribution in [0.25, 0.3) is 0 Å². The first-order chi connectivity index (χ1) is 10.2. The van der Waals surface area contributed by atoms with Crippen molar-refractivity contribution in [2.75, 3.05) is 25.7 Å². The van der Waals surface area contributed by atoms with E-state index in [1.165, 1.54) is 19.1 Å². The highest BCUT2D eigenvalue weighted by atomic mass is 16.5. The van der Waals surface area contributed by atoms with Crippen LogP contribution in [-0.2, 0) is 9.59 Å². The van der Waals surface area contributed by atoms with Gasteiger partial charge in [-0.1, -0.05) is 20.8 Å². The number of rotatable bonds is 6. The van der Waals surface area contributed by atoms with Crippen LogP contribution >= 0.6 is 0 Å². The van der Waals surface area contributed by atoms with Crippen molar-refractivity contribution in [3.8, 4) is 11.5 Å². The first kappa shape index (κ1) is 17.8. The maximum atomic E-state index is 12.6. The zero-order chi connectivity index (χ0) is 16.9. The van der Waals surface area contributed by atoms with Gasteiger partial charge in [0, 0.05) is 23.7 Å². The molecule has 0 heterocycles. The van der Waals surface area contributed by atoms with Crippen molar-refractivity contribution in [2.24, 2.45) is 5.41 Å². The minimum atomic E-state index is -0.952. The Hall–Kier alpha value is -2.24. The zero-order valence-corrected chi connectivity index (χ0v) is 13.7. The SMILES string of the molecule is COc1ccc(N(CCC(=O)O)C(=O)C(C)(C)C)cc1OC. The highest BCUT2D eigenvalue weighted by Gasteiger charge is 2.29. The Morgan fingerprint density at radius 1 is 1.14 bits per heavy atom. The van der Waals surface area contributed by atoms with Crippen molar-refractivity contribution in [1.82, 2.24) is 0 Å². The molecule has 0 saturated carbocycles. The standard InChI is InChI=1S/C16H23NO5/c1-16(2,3)15(20)17(9-8-14(18)19)11-6-7-12(21-4)13(10-11)22-5/h6-7,10H,8-9H2,1-5H3,(H,18,19). The van der Waals surface area contributed by atoms with Crippen LogP contribution in [-0.4, -0.2) is 37.7 Å². The molecule has 0 saturated heterocycles. The molecule has 0 aliphatic carbocycles. The number of aliphatic carboxylic acids is 1. The van der Waals surface area contributed by atoms with Gasteiger partial charge in [-0.2, -0.15) is 0 Å². The van der Waals surface area contributed by atoms with Crippen molar-refractivity contribution in [1.29, 1.82) is 0 Å². The molecule has 0 radical (unpaired) electrons. The molecule has 1 N–H and O–H groups in total. The molecule has 0 unspecified atom stereocenters. The number of carboxylic acid groups (broad SMARTS) is 1. The Labute approximate surface area is 130 Å². The van der Waals surface area contributed by atoms with Gasteiger partial charge in [0.25, 0.3) is 0 Å². The van der Waals surface area contributed by atoms with E-state index in [1.807, 2.05) is 0 Å². The van der Waals surface area contributed by atoms with E-state index >= 15 is 0 Å². The van der Waals surface area contributed by atoms with Crippen molar-refractivity contribution >= 4 is 17.6 Å². The Kier molecular flexibility index (Phi) is 5.79. The highest BCUT2D eigenvalue weighted by molar-refractivity contribution is 5.97. The fourth-order valence-electron chi connectivity index (χ4n) is 1.95. The molecule has 0 bridgehead atoms. The van der Waals surface area contributed by atoms with Crippen LogP contribution in [0.2, 0.25) is 0 Å². The minimum absolute atomic E-state index is 0.0981. The lowest BCUT2D eigenvalue weighted by atomic mass is 9.94. The van der Waals surface area contributed by atoms with Crippen LogP contribution in [0.3, 0.4) is 0 Å². The molecule has 6 nitrogen and oxygen atoms in total. The largest absolute Gasteiger partial charge is 0.493 e. The summed E-state index contributed by atoms with van der Waals surface area (Å²) in [5.74, 6) is -0.0668. The Morgan fingerprint density at radius 3 is 2.18 bits per heavy atom. The fourth-order valence-corrected chi connectivity index (χ4v) is 1.95. The maximum Gasteiger partial charge on any atom is 0.305 e. The predicted octanol–water partition coefficient (Wildman–Crippen LogP) is 2.56. The topological polar surface area (TPSA) is 76.1 Å². The third-order valence-corrected chi connectivity index (χ3v) is 3.11. The van der Waals surface area contributed by atoms with Crippen molar-refractivity contribution in [2.45, 2.75) is 27.2 Å². The predicted molar refractivity (Wildman–Crippen MR) is 83.6 cm³/mol. The van der Waals surface area contributed by atoms with Crippen LogP contribution in [0, 0.1) is 5.41 Å². The number of nitrogens with zero attached hydrogens (tertiary/aromatic N) is 1. The Bertz CT molecular complexity index is 548. The Balaban J connectivity index is 3.20. The number of carbonyl (C=O) groups is 2. The number of hydrogen-bond donors (Lipinski definition) is 1. The fraction of sp³-hybridized carbons (Fsp3) is 0.500. The smallest absolute Gasteiger partial charge is 0.305 e. The number of carboxylic acids is 1. The monoisotopic (exact) mass is 309 g/mol. The molecule has 122 valence electrons. The maximum absolute atomic E-state index is 12.6. The summed E-state index contributed by atoms with van der Waals surface area (Å²) in [6.45, 7) is 5.48. The summed E-state index contributed by atoms with van der Waals surface area (Å²) in [6, 6.07) is 5.08. The second-order valence-corrected chi connectivity index (χ2v) is 5.89. The van der Waals surface area contributed by atoms with Gasteiger partial charge < -0.3 is 19.5 Å². The molecule has 0 spiro atoms. The summed E-state index contributed by atoms with van der Waals surface area (Å²) in [4.78, 5) is 24.9. The normalized spacial score (nSPS) is 11.0. The lowest BCUT2D eigenvalue weighted by Gasteiger charge is -2.29. The zero-order valence-electron chi connectivity index (χ0n) is 13.7. The Morgan fingerprint density at radius 2 is 1.73 bits per heavy atom. The molecule has 1 aromatic carbocycles. The average Bonchev–Trinajstić information content (AvgIpc) is 2.45. The van der Waals surface area contributed by atoms with E-state index in [4.69, 9.17) is 14.6 Å². The number of amides is 1. The molecular weight excluding hydrogens is 286 g/mol. The van der Waals surface area contributed by atoms with Gasteiger partial charge in [-0.3, -0.25) is 9.59 Å². The summed E-state index contributed by atoms with van der Waals surface area (Å²) in [6.07, 6.45) is -0.129. The van der Waals surface area contributed by atoms with Gasteiger partial charge in [-0.25, -0.2) is 0 Å². The molecule has 0 fully saturated rings. The number of ether oxygens (including phenoxy) is 2. The molecule has 0 aliphatic rings. The van der Waals surface area contributed by atoms with E-state index in [9.17, 15) is 9.59 Å². The van der Waals surface area contributed by atoms with E-state index in [0.717, 1.165) is 0 Å². The van der Waals surface area contributed by atoms with Gasteiger partial charge in [0.1, 0.15) is 0 Å². The first-order valence-electron chi connectivity index (χ1n) is 6.96. The van der Waals surface area contributed by atoms with Crippen LogP contribution in [0.15, 0.2) is 18.2 Å². The van der Waals surface area contributed by atoms with Crippen molar-refractivity contribution < 1.29 is 24.2 Å². The third-order valence-electron chi connectivity index (χ3n) is 3.11. The minimum Gasteiger partial charge on any atom is -0.493 e. The summed E-state index contributed by atoms with van der Waals surface area (Å²) >= 11 is 0. The molecule has 1 amide bonds. The lowest BCUT2D eigenvalue weighted by molar-refractivity contribution is -0.136. The summed E-state index contributed by atoms with van der Waals surface area (Å²) in [5.41, 5.74) is -0.0371. The van der Waals surface area contributed by atoms with Crippen LogP contribution in [0.1, 0.15) is 27.2 Å². The van der Waals surface area contributed by atoms with E-state index < -0.39 is 11.4 Å². The summed E-state index contributed by atoms with van der Waals surface area (Å²) in [5, 5.41) is 8.89. The summed E-state index contributed by atoms with van der Waals surface area (Å²) in [7, 11) is 3.04. The second-order valence-electron chi connectivity index (χ2n) is 5.89. The molecule has 6 heteroatoms. The first-order valence-corrected chi connectivity index (χ1v) is 6.96. The average molecular weight is 309 g/mol. The molecule has 1 rings (SSSR count). The van der Waals surface area contributed by atoms with Gasteiger partial charge in [-0.05, 0) is 12.1 Å². The quantitative estimate of drug-likeness (QED) is 0.874. The van der Waals surface area contributed by atoms with Gasteiger partial charge in [0.2, 0.25) is 5.91 Å². The molecule has 0 aliphatic heterocycles. The van der Waals surface area contributed by atoms with E-state index in [-0.39, 0.29) is 18.9 Å². The molecule has 0 aromatic heterocycles. The van der Waals surface area contributed by atoms with Crippen LogP contribution in [0.4, 0.5) is 5.69 Å². The van der Waals surface area contributed by atoms with Crippen molar-refractivity contribution in [3.05, 3.63) is 18.2 Å². The number of hydrogen-bond acceptors (Lipinski definition) is 4. The number of carbonyl (C=O) groups excluding carboxylic acids is 1. The molecule has 22 heavy (non-hydrogen) atoms. The van der Waals surface area contributed by atoms with Crippen molar-refractivity contribution in [3.63, 3.8) is 0 Å². The molecule has 0 atom stereocenters. The van der Waals surface area contributed by atoms with E-state index in [1.54, 1.807) is 39.0 Å². The number of methoxy groups -OCH3 is 2. The van der Waals surface area contributed by atoms with Gasteiger partial charge in [0.05, 0.1) is 20.6 Å². The number of benzene rings is 1. The van der Waals surface area contributed by atoms with Gasteiger partial charge in [0.15, 0.2) is 11.5 Å². The van der Waals surface area contributed by atoms with E-state index in [0.29, 0.717) is 17.2 Å². The van der Waals surface area contributed by atoms with Gasteiger partial charge >= 0.3 is 5.97 Å².